The monoisotopic (exact) mass is 422 g/mol. The third kappa shape index (κ3) is 4.20. The number of aromatic nitrogens is 4. The summed E-state index contributed by atoms with van der Waals surface area (Å²) in [5.41, 5.74) is 0.517. The quantitative estimate of drug-likeness (QED) is 0.340. The lowest BCUT2D eigenvalue weighted by Crippen LogP contribution is -2.49. The Hall–Kier alpha value is -3.20. The number of carbonyl (C=O) groups is 1. The molecule has 1 fully saturated rings. The zero-order valence-electron chi connectivity index (χ0n) is 16.5. The van der Waals surface area contributed by atoms with Gasteiger partial charge in [0.05, 0.1) is 22.9 Å². The van der Waals surface area contributed by atoms with Crippen molar-refractivity contribution in [1.29, 1.82) is 0 Å². The van der Waals surface area contributed by atoms with E-state index in [2.05, 4.69) is 26.4 Å². The van der Waals surface area contributed by atoms with Crippen LogP contribution in [-0.4, -0.2) is 62.3 Å². The van der Waals surface area contributed by atoms with E-state index in [4.69, 9.17) is 0 Å². The van der Waals surface area contributed by atoms with Crippen molar-refractivity contribution in [3.05, 3.63) is 65.9 Å². The summed E-state index contributed by atoms with van der Waals surface area (Å²) in [5, 5.41) is 1.10. The highest BCUT2D eigenvalue weighted by molar-refractivity contribution is 7.99. The number of allylic oxidation sites excluding steroid dienone is 1. The molecular weight excluding hydrogens is 400 g/mol. The molecule has 154 valence electrons. The maximum Gasteiger partial charge on any atom is 0.262 e. The predicted molar refractivity (Wildman–Crippen MR) is 118 cm³/mol. The van der Waals surface area contributed by atoms with Crippen LogP contribution in [0.5, 0.6) is 0 Å². The predicted octanol–water partition coefficient (Wildman–Crippen LogP) is 1.81. The van der Waals surface area contributed by atoms with Crippen molar-refractivity contribution in [2.24, 2.45) is 0 Å². The molecule has 3 heterocycles. The Balaban J connectivity index is 1.43. The van der Waals surface area contributed by atoms with Gasteiger partial charge in [-0.2, -0.15) is 0 Å². The highest BCUT2D eigenvalue weighted by Crippen LogP contribution is 2.19. The molecule has 4 rings (SSSR count). The van der Waals surface area contributed by atoms with Gasteiger partial charge >= 0.3 is 0 Å². The van der Waals surface area contributed by atoms with Gasteiger partial charge in [-0.15, -0.1) is 6.58 Å². The minimum absolute atomic E-state index is 0.0337. The summed E-state index contributed by atoms with van der Waals surface area (Å²) in [4.78, 5) is 42.5. The maximum atomic E-state index is 12.8. The minimum Gasteiger partial charge on any atom is -0.352 e. The molecule has 1 amide bonds. The van der Waals surface area contributed by atoms with E-state index in [0.29, 0.717) is 48.8 Å². The van der Waals surface area contributed by atoms with Gasteiger partial charge in [0.25, 0.3) is 5.56 Å². The van der Waals surface area contributed by atoms with Crippen LogP contribution < -0.4 is 10.5 Å². The number of para-hydroxylation sites is 1. The first-order valence-electron chi connectivity index (χ1n) is 9.69. The molecule has 0 atom stereocenters. The number of rotatable bonds is 6. The summed E-state index contributed by atoms with van der Waals surface area (Å²) in [6, 6.07) is 7.25. The average molecular weight is 423 g/mol. The Morgan fingerprint density at radius 2 is 1.97 bits per heavy atom. The molecule has 0 aliphatic carbocycles. The molecule has 0 radical (unpaired) electrons. The average Bonchev–Trinajstić information content (AvgIpc) is 2.80. The van der Waals surface area contributed by atoms with E-state index in [-0.39, 0.29) is 17.2 Å². The fraction of sp³-hybridized carbons (Fsp3) is 0.286. The number of hydrogen-bond donors (Lipinski definition) is 0. The van der Waals surface area contributed by atoms with Crippen LogP contribution in [0.3, 0.4) is 0 Å². The van der Waals surface area contributed by atoms with Gasteiger partial charge in [0.15, 0.2) is 5.16 Å². The molecule has 3 aromatic rings. The molecule has 30 heavy (non-hydrogen) atoms. The molecule has 8 nitrogen and oxygen atoms in total. The Labute approximate surface area is 178 Å². The maximum absolute atomic E-state index is 12.8. The van der Waals surface area contributed by atoms with E-state index < -0.39 is 0 Å². The second-order valence-corrected chi connectivity index (χ2v) is 7.78. The number of piperazine rings is 1. The molecule has 1 aliphatic heterocycles. The summed E-state index contributed by atoms with van der Waals surface area (Å²) in [5.74, 6) is 1.09. The molecule has 1 aromatic carbocycles. The van der Waals surface area contributed by atoms with Crippen LogP contribution in [0.4, 0.5) is 5.82 Å². The number of anilines is 1. The molecule has 2 aromatic heterocycles. The third-order valence-corrected chi connectivity index (χ3v) is 5.93. The van der Waals surface area contributed by atoms with Gasteiger partial charge in [-0.25, -0.2) is 9.97 Å². The minimum atomic E-state index is -0.118. The fourth-order valence-electron chi connectivity index (χ4n) is 3.40. The lowest BCUT2D eigenvalue weighted by Gasteiger charge is -2.35. The van der Waals surface area contributed by atoms with Gasteiger partial charge in [0, 0.05) is 45.1 Å². The van der Waals surface area contributed by atoms with Crippen molar-refractivity contribution in [2.45, 2.75) is 11.7 Å². The molecule has 1 saturated heterocycles. The van der Waals surface area contributed by atoms with Crippen LogP contribution >= 0.6 is 11.8 Å². The van der Waals surface area contributed by atoms with Crippen LogP contribution in [-0.2, 0) is 11.3 Å². The SMILES string of the molecule is C=CCn1c(SCC(=O)N2CCN(c3cnccn3)CC2)nc2ccccc2c1=O. The van der Waals surface area contributed by atoms with Crippen molar-refractivity contribution < 1.29 is 4.79 Å². The van der Waals surface area contributed by atoms with Gasteiger partial charge in [-0.05, 0) is 12.1 Å². The summed E-state index contributed by atoms with van der Waals surface area (Å²) in [6.07, 6.45) is 6.71. The van der Waals surface area contributed by atoms with Gasteiger partial charge < -0.3 is 9.80 Å². The first kappa shape index (κ1) is 20.1. The number of fused-ring (bicyclic) bond motifs is 1. The van der Waals surface area contributed by atoms with Crippen molar-refractivity contribution in [3.8, 4) is 0 Å². The number of hydrogen-bond acceptors (Lipinski definition) is 7. The Morgan fingerprint density at radius 1 is 1.17 bits per heavy atom. The first-order chi connectivity index (χ1) is 14.7. The molecule has 0 bridgehead atoms. The second-order valence-electron chi connectivity index (χ2n) is 6.84. The molecule has 0 spiro atoms. The normalized spacial score (nSPS) is 14.1. The van der Waals surface area contributed by atoms with E-state index in [1.54, 1.807) is 35.3 Å². The number of benzene rings is 1. The van der Waals surface area contributed by atoms with E-state index in [0.717, 1.165) is 5.82 Å². The van der Waals surface area contributed by atoms with Crippen LogP contribution in [0, 0.1) is 0 Å². The molecule has 1 aliphatic rings. The third-order valence-electron chi connectivity index (χ3n) is 4.97. The van der Waals surface area contributed by atoms with Gasteiger partial charge in [0.1, 0.15) is 5.82 Å². The number of carbonyl (C=O) groups excluding carboxylic acids is 1. The highest BCUT2D eigenvalue weighted by Gasteiger charge is 2.22. The van der Waals surface area contributed by atoms with Crippen molar-refractivity contribution in [2.75, 3.05) is 36.8 Å². The largest absolute Gasteiger partial charge is 0.352 e. The summed E-state index contributed by atoms with van der Waals surface area (Å²) in [6.45, 7) is 6.76. The van der Waals surface area contributed by atoms with Crippen molar-refractivity contribution in [1.82, 2.24) is 24.4 Å². The highest BCUT2D eigenvalue weighted by atomic mass is 32.2. The van der Waals surface area contributed by atoms with E-state index in [9.17, 15) is 9.59 Å². The van der Waals surface area contributed by atoms with Gasteiger partial charge in [-0.3, -0.25) is 19.1 Å². The van der Waals surface area contributed by atoms with E-state index in [1.165, 1.54) is 11.8 Å². The van der Waals surface area contributed by atoms with Crippen LogP contribution in [0.1, 0.15) is 0 Å². The zero-order chi connectivity index (χ0) is 20.9. The molecule has 0 saturated carbocycles. The molecule has 0 N–H and O–H groups in total. The fourth-order valence-corrected chi connectivity index (χ4v) is 4.32. The standard InChI is InChI=1S/C21H22N6O2S/c1-2-9-27-20(29)16-5-3-4-6-17(16)24-21(27)30-15-19(28)26-12-10-25(11-13-26)18-14-22-7-8-23-18/h2-8,14H,1,9-13,15H2. The number of nitrogens with zero attached hydrogens (tertiary/aromatic N) is 6. The Kier molecular flexibility index (Phi) is 6.08. The van der Waals surface area contributed by atoms with Gasteiger partial charge in [0.2, 0.25) is 5.91 Å². The van der Waals surface area contributed by atoms with E-state index >= 15 is 0 Å². The Morgan fingerprint density at radius 3 is 2.70 bits per heavy atom. The zero-order valence-corrected chi connectivity index (χ0v) is 17.3. The van der Waals surface area contributed by atoms with Crippen molar-refractivity contribution >= 4 is 34.4 Å². The van der Waals surface area contributed by atoms with Crippen LogP contribution in [0.15, 0.2) is 65.5 Å². The first-order valence-corrected chi connectivity index (χ1v) is 10.7. The lowest BCUT2D eigenvalue weighted by atomic mass is 10.2. The molecular formula is C21H22N6O2S. The lowest BCUT2D eigenvalue weighted by molar-refractivity contribution is -0.128. The Bertz CT molecular complexity index is 1110. The topological polar surface area (TPSA) is 84.2 Å². The van der Waals surface area contributed by atoms with Gasteiger partial charge in [-0.1, -0.05) is 30.0 Å². The summed E-state index contributed by atoms with van der Waals surface area (Å²) >= 11 is 1.29. The second kappa shape index (κ2) is 9.08. The summed E-state index contributed by atoms with van der Waals surface area (Å²) in [7, 11) is 0. The molecule has 0 unspecified atom stereocenters. The van der Waals surface area contributed by atoms with Crippen LogP contribution in [0.2, 0.25) is 0 Å². The smallest absolute Gasteiger partial charge is 0.262 e. The summed E-state index contributed by atoms with van der Waals surface area (Å²) < 4.78 is 1.57. The van der Waals surface area contributed by atoms with Crippen molar-refractivity contribution in [3.63, 3.8) is 0 Å². The van der Waals surface area contributed by atoms with Crippen LogP contribution in [0.25, 0.3) is 10.9 Å². The molecule has 9 heteroatoms. The number of thioether (sulfide) groups is 1. The number of amides is 1. The van der Waals surface area contributed by atoms with E-state index in [1.807, 2.05) is 23.1 Å².